The number of anilines is 2. The number of amidine groups is 1. The first-order valence-corrected chi connectivity index (χ1v) is 9.53. The maximum atomic E-state index is 12.5. The molecule has 2 unspecified atom stereocenters. The van der Waals surface area contributed by atoms with E-state index in [0.29, 0.717) is 6.54 Å². The molecule has 1 aromatic heterocycles. The molecule has 2 N–H and O–H groups in total. The second-order valence-corrected chi connectivity index (χ2v) is 7.71. The average Bonchev–Trinajstić information content (AvgIpc) is 3.27. The Morgan fingerprint density at radius 1 is 1.52 bits per heavy atom. The highest BCUT2D eigenvalue weighted by atomic mass is 32.1. The Morgan fingerprint density at radius 2 is 2.40 bits per heavy atom. The maximum absolute atomic E-state index is 12.5. The molecule has 0 radical (unpaired) electrons. The Balaban J connectivity index is 1.68. The normalized spacial score (nSPS) is 26.0. The molecule has 4 rings (SSSR count). The van der Waals surface area contributed by atoms with Crippen LogP contribution in [0.4, 0.5) is 15.1 Å². The minimum absolute atomic E-state index is 0.203. The van der Waals surface area contributed by atoms with Gasteiger partial charge in [0, 0.05) is 23.8 Å². The van der Waals surface area contributed by atoms with Gasteiger partial charge in [0.15, 0.2) is 0 Å². The molecule has 2 atom stereocenters. The lowest BCUT2D eigenvalue weighted by molar-refractivity contribution is 0.504. The number of halogens is 1. The van der Waals surface area contributed by atoms with E-state index in [4.69, 9.17) is 0 Å². The summed E-state index contributed by atoms with van der Waals surface area (Å²) in [7, 11) is 1.90. The standard InChI is InChI=1S/C19H23FN4S/c1-12(10-21-2)24-11-18(22-6-5-20)23-16-9-17(25-19(16)24)14-4-3-13-7-15(13)8-14/h3-4,8-10,13,15,21H,5-7,11H2,1-2H3,(H,22,23)/b12-10-. The van der Waals surface area contributed by atoms with Gasteiger partial charge in [0.2, 0.25) is 0 Å². The fraction of sp³-hybridized carbons (Fsp3) is 0.421. The zero-order chi connectivity index (χ0) is 17.4. The molecule has 4 nitrogen and oxygen atoms in total. The summed E-state index contributed by atoms with van der Waals surface area (Å²) in [5.41, 5.74) is 3.49. The number of aliphatic imine (C=N–C) groups is 1. The fourth-order valence-corrected chi connectivity index (χ4v) is 4.57. The topological polar surface area (TPSA) is 39.7 Å². The number of hydrogen-bond donors (Lipinski definition) is 2. The number of allylic oxidation sites excluding steroid dienone is 5. The monoisotopic (exact) mass is 358 g/mol. The van der Waals surface area contributed by atoms with Gasteiger partial charge in [-0.2, -0.15) is 0 Å². The summed E-state index contributed by atoms with van der Waals surface area (Å²) < 4.78 is 12.5. The van der Waals surface area contributed by atoms with Gasteiger partial charge in [-0.25, -0.2) is 4.39 Å². The summed E-state index contributed by atoms with van der Waals surface area (Å²) in [6.07, 6.45) is 10.3. The predicted molar refractivity (Wildman–Crippen MR) is 105 cm³/mol. The first-order chi connectivity index (χ1) is 12.2. The smallest absolute Gasteiger partial charge is 0.121 e. The third kappa shape index (κ3) is 3.23. The van der Waals surface area contributed by atoms with Gasteiger partial charge in [0.25, 0.3) is 0 Å². The lowest BCUT2D eigenvalue weighted by Crippen LogP contribution is -2.37. The summed E-state index contributed by atoms with van der Waals surface area (Å²) >= 11 is 1.80. The van der Waals surface area contributed by atoms with Crippen molar-refractivity contribution in [3.63, 3.8) is 0 Å². The second kappa shape index (κ2) is 6.67. The van der Waals surface area contributed by atoms with Crippen LogP contribution in [0.1, 0.15) is 18.2 Å². The molecule has 0 aromatic carbocycles. The van der Waals surface area contributed by atoms with Crippen molar-refractivity contribution >= 4 is 33.4 Å². The van der Waals surface area contributed by atoms with E-state index < -0.39 is 6.67 Å². The number of alkyl halides is 1. The Hall–Kier alpha value is -2.08. The predicted octanol–water partition coefficient (Wildman–Crippen LogP) is 4.02. The maximum Gasteiger partial charge on any atom is 0.121 e. The molecule has 1 saturated carbocycles. The molecule has 132 valence electrons. The Bertz CT molecular complexity index is 789. The largest absolute Gasteiger partial charge is 0.393 e. The summed E-state index contributed by atoms with van der Waals surface area (Å²) in [6, 6.07) is 2.20. The molecule has 2 heterocycles. The zero-order valence-electron chi connectivity index (χ0n) is 14.6. The van der Waals surface area contributed by atoms with E-state index in [2.05, 4.69) is 51.7 Å². The van der Waals surface area contributed by atoms with Crippen LogP contribution in [-0.4, -0.2) is 32.6 Å². The summed E-state index contributed by atoms with van der Waals surface area (Å²) in [5.74, 6) is 2.32. The SMILES string of the molecule is CN/C=C(/C)N1CC(=NCCF)Nc2cc(C3=CC4CC4C=C3)sc21. The molecule has 1 aromatic rings. The minimum atomic E-state index is -0.432. The zero-order valence-corrected chi connectivity index (χ0v) is 15.4. The lowest BCUT2D eigenvalue weighted by atomic mass is 10.1. The van der Waals surface area contributed by atoms with Gasteiger partial charge in [-0.3, -0.25) is 4.99 Å². The molecule has 0 saturated heterocycles. The van der Waals surface area contributed by atoms with E-state index in [1.165, 1.54) is 21.9 Å². The molecular weight excluding hydrogens is 335 g/mol. The van der Waals surface area contributed by atoms with E-state index >= 15 is 0 Å². The molecule has 0 bridgehead atoms. The van der Waals surface area contributed by atoms with Crippen molar-refractivity contribution in [3.05, 3.63) is 41.1 Å². The van der Waals surface area contributed by atoms with Crippen molar-refractivity contribution in [2.24, 2.45) is 16.8 Å². The van der Waals surface area contributed by atoms with Crippen molar-refractivity contribution in [2.75, 3.05) is 37.0 Å². The van der Waals surface area contributed by atoms with Gasteiger partial charge in [-0.1, -0.05) is 18.2 Å². The highest BCUT2D eigenvalue weighted by Crippen LogP contribution is 2.49. The van der Waals surface area contributed by atoms with Crippen LogP contribution in [0.2, 0.25) is 0 Å². The molecule has 2 aliphatic carbocycles. The summed E-state index contributed by atoms with van der Waals surface area (Å²) in [4.78, 5) is 7.86. The van der Waals surface area contributed by atoms with Gasteiger partial charge in [-0.15, -0.1) is 11.3 Å². The van der Waals surface area contributed by atoms with Crippen molar-refractivity contribution in [2.45, 2.75) is 13.3 Å². The third-order valence-corrected chi connectivity index (χ3v) is 6.01. The summed E-state index contributed by atoms with van der Waals surface area (Å²) in [6.45, 7) is 2.48. The van der Waals surface area contributed by atoms with Gasteiger partial charge >= 0.3 is 0 Å². The molecule has 1 fully saturated rings. The number of nitrogens with zero attached hydrogens (tertiary/aromatic N) is 2. The highest BCUT2D eigenvalue weighted by molar-refractivity contribution is 7.18. The van der Waals surface area contributed by atoms with Gasteiger partial charge in [-0.05, 0) is 36.8 Å². The van der Waals surface area contributed by atoms with Crippen LogP contribution in [0.25, 0.3) is 5.57 Å². The molecule has 0 spiro atoms. The van der Waals surface area contributed by atoms with Crippen molar-refractivity contribution in [3.8, 4) is 0 Å². The highest BCUT2D eigenvalue weighted by Gasteiger charge is 2.35. The Kier molecular flexibility index (Phi) is 4.37. The lowest BCUT2D eigenvalue weighted by Gasteiger charge is -2.30. The fourth-order valence-electron chi connectivity index (χ4n) is 3.40. The van der Waals surface area contributed by atoms with E-state index in [-0.39, 0.29) is 6.54 Å². The van der Waals surface area contributed by atoms with Crippen LogP contribution in [0.15, 0.2) is 41.2 Å². The van der Waals surface area contributed by atoms with Crippen molar-refractivity contribution in [1.29, 1.82) is 0 Å². The molecular formula is C19H23FN4S. The van der Waals surface area contributed by atoms with Gasteiger partial charge < -0.3 is 15.5 Å². The van der Waals surface area contributed by atoms with E-state index in [1.807, 2.05) is 13.2 Å². The number of thiophene rings is 1. The van der Waals surface area contributed by atoms with Gasteiger partial charge in [0.1, 0.15) is 17.5 Å². The quantitative estimate of drug-likeness (QED) is 0.835. The third-order valence-electron chi connectivity index (χ3n) is 4.80. The van der Waals surface area contributed by atoms with Gasteiger partial charge in [0.05, 0.1) is 18.8 Å². The van der Waals surface area contributed by atoms with Crippen LogP contribution in [0.5, 0.6) is 0 Å². The number of hydrogen-bond acceptors (Lipinski definition) is 4. The van der Waals surface area contributed by atoms with E-state index in [9.17, 15) is 4.39 Å². The molecule has 3 aliphatic rings. The van der Waals surface area contributed by atoms with Crippen LogP contribution in [0.3, 0.4) is 0 Å². The Morgan fingerprint density at radius 3 is 3.16 bits per heavy atom. The van der Waals surface area contributed by atoms with Crippen molar-refractivity contribution < 1.29 is 4.39 Å². The molecule has 0 amide bonds. The minimum Gasteiger partial charge on any atom is -0.393 e. The second-order valence-electron chi connectivity index (χ2n) is 6.68. The van der Waals surface area contributed by atoms with Crippen LogP contribution in [0, 0.1) is 11.8 Å². The van der Waals surface area contributed by atoms with Crippen LogP contribution < -0.4 is 15.5 Å². The summed E-state index contributed by atoms with van der Waals surface area (Å²) in [5, 5.41) is 7.67. The Labute approximate surface area is 151 Å². The average molecular weight is 358 g/mol. The molecule has 6 heteroatoms. The number of rotatable bonds is 5. The van der Waals surface area contributed by atoms with Crippen molar-refractivity contribution in [1.82, 2.24) is 5.32 Å². The van der Waals surface area contributed by atoms with Crippen LogP contribution in [-0.2, 0) is 0 Å². The first kappa shape index (κ1) is 16.4. The van der Waals surface area contributed by atoms with E-state index in [0.717, 1.165) is 29.1 Å². The first-order valence-electron chi connectivity index (χ1n) is 8.71. The molecule has 25 heavy (non-hydrogen) atoms. The number of fused-ring (bicyclic) bond motifs is 2. The molecule has 1 aliphatic heterocycles. The number of nitrogens with one attached hydrogen (secondary N) is 2. The van der Waals surface area contributed by atoms with Crippen LogP contribution >= 0.6 is 11.3 Å². The van der Waals surface area contributed by atoms with E-state index in [1.54, 1.807) is 11.3 Å².